The third-order valence-electron chi connectivity index (χ3n) is 2.31. The first-order chi connectivity index (χ1) is 6.15. The van der Waals surface area contributed by atoms with Crippen molar-refractivity contribution in [2.75, 3.05) is 12.9 Å². The van der Waals surface area contributed by atoms with E-state index in [1.807, 2.05) is 6.26 Å². The van der Waals surface area contributed by atoms with Gasteiger partial charge in [-0.3, -0.25) is 0 Å². The zero-order valence-electron chi connectivity index (χ0n) is 9.21. The number of hydrogen-bond acceptors (Lipinski definition) is 3. The molecule has 0 saturated carbocycles. The average molecular weight is 205 g/mol. The van der Waals surface area contributed by atoms with Gasteiger partial charge in [-0.15, -0.1) is 0 Å². The van der Waals surface area contributed by atoms with Crippen molar-refractivity contribution in [3.63, 3.8) is 0 Å². The largest absolute Gasteiger partial charge is 0.395 e. The SMILES string of the molecule is CCCC(C)NC(C)C(CO)SC. The van der Waals surface area contributed by atoms with Crippen LogP contribution in [0.25, 0.3) is 0 Å². The minimum Gasteiger partial charge on any atom is -0.395 e. The molecule has 0 saturated heterocycles. The molecule has 2 nitrogen and oxygen atoms in total. The van der Waals surface area contributed by atoms with Crippen molar-refractivity contribution in [1.82, 2.24) is 5.32 Å². The monoisotopic (exact) mass is 205 g/mol. The van der Waals surface area contributed by atoms with E-state index >= 15 is 0 Å². The maximum atomic E-state index is 9.08. The van der Waals surface area contributed by atoms with Gasteiger partial charge in [-0.2, -0.15) is 11.8 Å². The maximum Gasteiger partial charge on any atom is 0.0564 e. The molecule has 0 radical (unpaired) electrons. The molecular formula is C10H23NOS. The second kappa shape index (κ2) is 7.65. The Balaban J connectivity index is 3.75. The highest BCUT2D eigenvalue weighted by Crippen LogP contribution is 2.11. The van der Waals surface area contributed by atoms with E-state index in [0.29, 0.717) is 17.3 Å². The van der Waals surface area contributed by atoms with Crippen LogP contribution in [0.5, 0.6) is 0 Å². The first kappa shape index (κ1) is 13.3. The molecule has 0 bridgehead atoms. The van der Waals surface area contributed by atoms with Crippen molar-refractivity contribution in [2.24, 2.45) is 0 Å². The normalized spacial score (nSPS) is 18.2. The van der Waals surface area contributed by atoms with E-state index in [9.17, 15) is 0 Å². The maximum absolute atomic E-state index is 9.08. The quantitative estimate of drug-likeness (QED) is 0.665. The molecule has 3 atom stereocenters. The third kappa shape index (κ3) is 5.55. The van der Waals surface area contributed by atoms with Gasteiger partial charge in [-0.05, 0) is 26.5 Å². The highest BCUT2D eigenvalue weighted by atomic mass is 32.2. The number of aliphatic hydroxyl groups is 1. The molecule has 80 valence electrons. The molecule has 0 aromatic rings. The zero-order valence-corrected chi connectivity index (χ0v) is 10.0. The van der Waals surface area contributed by atoms with Gasteiger partial charge in [-0.25, -0.2) is 0 Å². The van der Waals surface area contributed by atoms with Gasteiger partial charge in [0.1, 0.15) is 0 Å². The first-order valence-electron chi connectivity index (χ1n) is 5.05. The van der Waals surface area contributed by atoms with Crippen LogP contribution in [0.1, 0.15) is 33.6 Å². The summed E-state index contributed by atoms with van der Waals surface area (Å²) in [5.74, 6) is 0. The molecule has 2 N–H and O–H groups in total. The molecule has 3 heteroatoms. The molecule has 0 rings (SSSR count). The van der Waals surface area contributed by atoms with Crippen LogP contribution in [-0.2, 0) is 0 Å². The second-order valence-corrected chi connectivity index (χ2v) is 4.68. The number of hydrogen-bond donors (Lipinski definition) is 2. The summed E-state index contributed by atoms with van der Waals surface area (Å²) in [4.78, 5) is 0. The number of rotatable bonds is 7. The lowest BCUT2D eigenvalue weighted by atomic mass is 10.1. The molecular weight excluding hydrogens is 182 g/mol. The molecule has 0 spiro atoms. The fourth-order valence-corrected chi connectivity index (χ4v) is 2.15. The second-order valence-electron chi connectivity index (χ2n) is 3.60. The van der Waals surface area contributed by atoms with Gasteiger partial charge in [0.05, 0.1) is 6.61 Å². The topological polar surface area (TPSA) is 32.3 Å². The molecule has 0 aliphatic heterocycles. The van der Waals surface area contributed by atoms with Crippen molar-refractivity contribution in [3.05, 3.63) is 0 Å². The highest BCUT2D eigenvalue weighted by molar-refractivity contribution is 7.99. The standard InChI is InChI=1S/C10H23NOS/c1-5-6-8(2)11-9(3)10(7-12)13-4/h8-12H,5-7H2,1-4H3. The predicted molar refractivity (Wildman–Crippen MR) is 61.4 cm³/mol. The Bertz CT molecular complexity index is 117. The van der Waals surface area contributed by atoms with Crippen LogP contribution in [0.2, 0.25) is 0 Å². The zero-order chi connectivity index (χ0) is 10.3. The Hall–Kier alpha value is 0.270. The molecule has 0 aromatic heterocycles. The highest BCUT2D eigenvalue weighted by Gasteiger charge is 2.16. The first-order valence-corrected chi connectivity index (χ1v) is 6.34. The minimum atomic E-state index is 0.258. The van der Waals surface area contributed by atoms with Crippen LogP contribution < -0.4 is 5.32 Å². The van der Waals surface area contributed by atoms with Crippen LogP contribution >= 0.6 is 11.8 Å². The van der Waals surface area contributed by atoms with Gasteiger partial charge < -0.3 is 10.4 Å². The molecule has 0 heterocycles. The summed E-state index contributed by atoms with van der Waals surface area (Å²) in [6, 6.07) is 0.947. The summed E-state index contributed by atoms with van der Waals surface area (Å²) in [6.45, 7) is 6.80. The van der Waals surface area contributed by atoms with Crippen molar-refractivity contribution in [1.29, 1.82) is 0 Å². The molecule has 0 aliphatic rings. The van der Waals surface area contributed by atoms with Gasteiger partial charge in [0.25, 0.3) is 0 Å². The van der Waals surface area contributed by atoms with Crippen LogP contribution in [0.3, 0.4) is 0 Å². The minimum absolute atomic E-state index is 0.258. The Morgan fingerprint density at radius 3 is 2.38 bits per heavy atom. The van der Waals surface area contributed by atoms with Crippen molar-refractivity contribution < 1.29 is 5.11 Å². The summed E-state index contributed by atoms with van der Waals surface area (Å²) >= 11 is 1.73. The van der Waals surface area contributed by atoms with Crippen LogP contribution in [0.4, 0.5) is 0 Å². The van der Waals surface area contributed by atoms with Gasteiger partial charge in [-0.1, -0.05) is 13.3 Å². The Kier molecular flexibility index (Phi) is 7.81. The van der Waals surface area contributed by atoms with Crippen LogP contribution in [0, 0.1) is 0 Å². The van der Waals surface area contributed by atoms with Crippen LogP contribution in [0.15, 0.2) is 0 Å². The van der Waals surface area contributed by atoms with E-state index < -0.39 is 0 Å². The van der Waals surface area contributed by atoms with E-state index in [0.717, 1.165) is 0 Å². The lowest BCUT2D eigenvalue weighted by molar-refractivity contribution is 0.270. The fourth-order valence-electron chi connectivity index (χ4n) is 1.51. The average Bonchev–Trinajstić information content (AvgIpc) is 2.06. The Morgan fingerprint density at radius 1 is 1.38 bits per heavy atom. The van der Waals surface area contributed by atoms with Gasteiger partial charge in [0.2, 0.25) is 0 Å². The summed E-state index contributed by atoms with van der Waals surface area (Å²) in [5, 5.41) is 12.9. The van der Waals surface area contributed by atoms with Crippen LogP contribution in [-0.4, -0.2) is 35.3 Å². The molecule has 0 amide bonds. The molecule has 0 fully saturated rings. The van der Waals surface area contributed by atoms with E-state index in [1.54, 1.807) is 11.8 Å². The molecule has 3 unspecified atom stereocenters. The number of thioether (sulfide) groups is 1. The molecule has 13 heavy (non-hydrogen) atoms. The predicted octanol–water partition coefficient (Wildman–Crippen LogP) is 1.88. The van der Waals surface area contributed by atoms with Crippen molar-refractivity contribution in [2.45, 2.75) is 50.9 Å². The third-order valence-corrected chi connectivity index (χ3v) is 3.47. The smallest absolute Gasteiger partial charge is 0.0564 e. The number of nitrogens with one attached hydrogen (secondary N) is 1. The summed E-state index contributed by atoms with van der Waals surface area (Å²) in [5.41, 5.74) is 0. The Morgan fingerprint density at radius 2 is 2.00 bits per heavy atom. The molecule has 0 aromatic carbocycles. The van der Waals surface area contributed by atoms with E-state index in [1.165, 1.54) is 12.8 Å². The van der Waals surface area contributed by atoms with Gasteiger partial charge in [0.15, 0.2) is 0 Å². The van der Waals surface area contributed by atoms with Gasteiger partial charge in [0, 0.05) is 17.3 Å². The summed E-state index contributed by atoms with van der Waals surface area (Å²) < 4.78 is 0. The van der Waals surface area contributed by atoms with E-state index in [-0.39, 0.29) is 6.61 Å². The van der Waals surface area contributed by atoms with Crippen molar-refractivity contribution >= 4 is 11.8 Å². The number of aliphatic hydroxyl groups excluding tert-OH is 1. The molecule has 0 aliphatic carbocycles. The summed E-state index contributed by atoms with van der Waals surface area (Å²) in [6.07, 6.45) is 4.46. The van der Waals surface area contributed by atoms with E-state index in [2.05, 4.69) is 26.1 Å². The van der Waals surface area contributed by atoms with E-state index in [4.69, 9.17) is 5.11 Å². The van der Waals surface area contributed by atoms with Crippen molar-refractivity contribution in [3.8, 4) is 0 Å². The van der Waals surface area contributed by atoms with Gasteiger partial charge >= 0.3 is 0 Å². The lowest BCUT2D eigenvalue weighted by Gasteiger charge is -2.25. The fraction of sp³-hybridized carbons (Fsp3) is 1.00. The summed E-state index contributed by atoms with van der Waals surface area (Å²) in [7, 11) is 0. The Labute approximate surface area is 86.5 Å². The lowest BCUT2D eigenvalue weighted by Crippen LogP contribution is -2.42.